The Hall–Kier alpha value is -1.30. The summed E-state index contributed by atoms with van der Waals surface area (Å²) in [5.41, 5.74) is 5.82. The van der Waals surface area contributed by atoms with Gasteiger partial charge in [0.25, 0.3) is 0 Å². The van der Waals surface area contributed by atoms with Crippen molar-refractivity contribution >= 4 is 40.7 Å². The van der Waals surface area contributed by atoms with Gasteiger partial charge < -0.3 is 11.1 Å². The molecule has 1 saturated heterocycles. The van der Waals surface area contributed by atoms with Crippen molar-refractivity contribution in [3.8, 4) is 0 Å². The molecule has 1 aromatic rings. The van der Waals surface area contributed by atoms with E-state index in [9.17, 15) is 9.59 Å². The van der Waals surface area contributed by atoms with Gasteiger partial charge in [0.15, 0.2) is 0 Å². The number of hydrogen-bond donors (Lipinski definition) is 2. The normalized spacial score (nSPS) is 18.0. The average Bonchev–Trinajstić information content (AvgIpc) is 2.50. The van der Waals surface area contributed by atoms with Gasteiger partial charge in [0, 0.05) is 10.9 Å². The number of likely N-dealkylation sites (tertiary alicyclic amines) is 1. The summed E-state index contributed by atoms with van der Waals surface area (Å²) in [5.74, 6) is -0.502. The maximum Gasteiger partial charge on any atom is 0.241 e. The maximum atomic E-state index is 12.3. The SMILES string of the molecule is C[C@@H](C(=O)Nc1cc(Cl)ccc1Cl)N1CCC(C(N)=O)CC1. The predicted octanol–water partition coefficient (Wildman–Crippen LogP) is 2.52. The number of hydrogen-bond acceptors (Lipinski definition) is 3. The molecule has 1 heterocycles. The highest BCUT2D eigenvalue weighted by Crippen LogP contribution is 2.26. The lowest BCUT2D eigenvalue weighted by atomic mass is 9.95. The van der Waals surface area contributed by atoms with Crippen LogP contribution in [-0.4, -0.2) is 35.8 Å². The molecule has 0 spiro atoms. The first kappa shape index (κ1) is 17.1. The average molecular weight is 344 g/mol. The van der Waals surface area contributed by atoms with E-state index in [1.54, 1.807) is 18.2 Å². The monoisotopic (exact) mass is 343 g/mol. The number of nitrogens with zero attached hydrogens (tertiary/aromatic N) is 1. The van der Waals surface area contributed by atoms with E-state index in [2.05, 4.69) is 5.32 Å². The van der Waals surface area contributed by atoms with Gasteiger partial charge in [-0.2, -0.15) is 0 Å². The first-order valence-electron chi connectivity index (χ1n) is 7.17. The molecule has 120 valence electrons. The number of benzene rings is 1. The van der Waals surface area contributed by atoms with Crippen LogP contribution >= 0.6 is 23.2 Å². The molecule has 5 nitrogen and oxygen atoms in total. The van der Waals surface area contributed by atoms with Crippen LogP contribution in [0, 0.1) is 5.92 Å². The van der Waals surface area contributed by atoms with Gasteiger partial charge in [-0.25, -0.2) is 0 Å². The summed E-state index contributed by atoms with van der Waals surface area (Å²) in [4.78, 5) is 25.6. The van der Waals surface area contributed by atoms with Crippen molar-refractivity contribution in [1.29, 1.82) is 0 Å². The van der Waals surface area contributed by atoms with Crippen LogP contribution in [0.1, 0.15) is 19.8 Å². The smallest absolute Gasteiger partial charge is 0.241 e. The van der Waals surface area contributed by atoms with Gasteiger partial charge in [0.05, 0.1) is 16.8 Å². The number of nitrogens with two attached hydrogens (primary N) is 1. The van der Waals surface area contributed by atoms with Crippen LogP contribution in [0.2, 0.25) is 10.0 Å². The number of amides is 2. The Balaban J connectivity index is 1.95. The van der Waals surface area contributed by atoms with Gasteiger partial charge in [0.1, 0.15) is 0 Å². The number of piperidine rings is 1. The van der Waals surface area contributed by atoms with Crippen molar-refractivity contribution in [3.63, 3.8) is 0 Å². The Morgan fingerprint density at radius 2 is 1.95 bits per heavy atom. The second kappa shape index (κ2) is 7.31. The van der Waals surface area contributed by atoms with E-state index < -0.39 is 0 Å². The largest absolute Gasteiger partial charge is 0.369 e. The number of carbonyl (C=O) groups excluding carboxylic acids is 2. The van der Waals surface area contributed by atoms with E-state index in [0.717, 1.165) is 0 Å². The first-order chi connectivity index (χ1) is 10.4. The third-order valence-electron chi connectivity index (χ3n) is 4.05. The summed E-state index contributed by atoms with van der Waals surface area (Å²) in [6.45, 7) is 3.18. The lowest BCUT2D eigenvalue weighted by molar-refractivity contribution is -0.124. The second-order valence-corrected chi connectivity index (χ2v) is 6.35. The molecule has 0 saturated carbocycles. The standard InChI is InChI=1S/C15H19Cl2N3O2/c1-9(20-6-4-10(5-7-20)14(18)21)15(22)19-13-8-11(16)2-3-12(13)17/h2-3,8-10H,4-7H2,1H3,(H2,18,21)(H,19,22)/t9-/m0/s1. The maximum absolute atomic E-state index is 12.3. The van der Waals surface area contributed by atoms with E-state index in [1.807, 2.05) is 11.8 Å². The zero-order chi connectivity index (χ0) is 16.3. The number of halogens is 2. The number of carbonyl (C=O) groups is 2. The topological polar surface area (TPSA) is 75.4 Å². The van der Waals surface area contributed by atoms with Crippen LogP contribution in [0.3, 0.4) is 0 Å². The minimum Gasteiger partial charge on any atom is -0.369 e. The molecule has 1 aliphatic heterocycles. The third kappa shape index (κ3) is 4.12. The van der Waals surface area contributed by atoms with Crippen molar-refractivity contribution in [1.82, 2.24) is 4.90 Å². The summed E-state index contributed by atoms with van der Waals surface area (Å²) in [6.07, 6.45) is 1.37. The molecule has 0 bridgehead atoms. The summed E-state index contributed by atoms with van der Waals surface area (Å²) in [7, 11) is 0. The van der Waals surface area contributed by atoms with E-state index in [0.29, 0.717) is 41.7 Å². The Kier molecular flexibility index (Phi) is 5.67. The quantitative estimate of drug-likeness (QED) is 0.881. The molecule has 0 aromatic heterocycles. The number of anilines is 1. The van der Waals surface area contributed by atoms with Crippen molar-refractivity contribution in [3.05, 3.63) is 28.2 Å². The van der Waals surface area contributed by atoms with E-state index in [4.69, 9.17) is 28.9 Å². The molecule has 22 heavy (non-hydrogen) atoms. The fourth-order valence-corrected chi connectivity index (χ4v) is 2.90. The Morgan fingerprint density at radius 1 is 1.32 bits per heavy atom. The van der Waals surface area contributed by atoms with Crippen molar-refractivity contribution in [2.75, 3.05) is 18.4 Å². The van der Waals surface area contributed by atoms with Crippen LogP contribution in [-0.2, 0) is 9.59 Å². The molecule has 0 unspecified atom stereocenters. The minimum absolute atomic E-state index is 0.0890. The zero-order valence-electron chi connectivity index (χ0n) is 12.3. The van der Waals surface area contributed by atoms with Crippen LogP contribution in [0.15, 0.2) is 18.2 Å². The van der Waals surface area contributed by atoms with Crippen molar-refractivity contribution in [2.24, 2.45) is 11.7 Å². The molecule has 1 aliphatic rings. The Bertz CT molecular complexity index is 572. The fourth-order valence-electron chi connectivity index (χ4n) is 2.57. The first-order valence-corrected chi connectivity index (χ1v) is 7.93. The van der Waals surface area contributed by atoms with Gasteiger partial charge in [-0.3, -0.25) is 14.5 Å². The van der Waals surface area contributed by atoms with Gasteiger partial charge in [0.2, 0.25) is 11.8 Å². The molecule has 1 atom stereocenters. The van der Waals surface area contributed by atoms with Gasteiger partial charge >= 0.3 is 0 Å². The molecule has 1 aromatic carbocycles. The molecule has 2 rings (SSSR count). The second-order valence-electron chi connectivity index (χ2n) is 5.50. The molecule has 2 amide bonds. The number of nitrogens with one attached hydrogen (secondary N) is 1. The lowest BCUT2D eigenvalue weighted by Gasteiger charge is -2.34. The van der Waals surface area contributed by atoms with E-state index >= 15 is 0 Å². The molecular weight excluding hydrogens is 325 g/mol. The molecule has 0 radical (unpaired) electrons. The summed E-state index contributed by atoms with van der Waals surface area (Å²) < 4.78 is 0. The summed E-state index contributed by atoms with van der Waals surface area (Å²) in [5, 5.41) is 3.74. The highest BCUT2D eigenvalue weighted by molar-refractivity contribution is 6.35. The highest BCUT2D eigenvalue weighted by atomic mass is 35.5. The number of primary amides is 1. The Morgan fingerprint density at radius 3 is 2.55 bits per heavy atom. The van der Waals surface area contributed by atoms with Gasteiger partial charge in [-0.15, -0.1) is 0 Å². The van der Waals surface area contributed by atoms with Crippen LogP contribution < -0.4 is 11.1 Å². The summed E-state index contributed by atoms with van der Waals surface area (Å²) >= 11 is 12.0. The fraction of sp³-hybridized carbons (Fsp3) is 0.467. The van der Waals surface area contributed by atoms with Gasteiger partial charge in [-0.05, 0) is 51.1 Å². The van der Waals surface area contributed by atoms with Crippen LogP contribution in [0.5, 0.6) is 0 Å². The molecular formula is C15H19Cl2N3O2. The van der Waals surface area contributed by atoms with Crippen LogP contribution in [0.25, 0.3) is 0 Å². The molecule has 3 N–H and O–H groups in total. The summed E-state index contributed by atoms with van der Waals surface area (Å²) in [6, 6.07) is 4.61. The molecule has 0 aliphatic carbocycles. The zero-order valence-corrected chi connectivity index (χ0v) is 13.8. The Labute approximate surface area is 139 Å². The predicted molar refractivity (Wildman–Crippen MR) is 88.0 cm³/mol. The molecule has 1 fully saturated rings. The van der Waals surface area contributed by atoms with Gasteiger partial charge in [-0.1, -0.05) is 23.2 Å². The molecule has 7 heteroatoms. The number of rotatable bonds is 4. The minimum atomic E-state index is -0.316. The lowest BCUT2D eigenvalue weighted by Crippen LogP contribution is -2.47. The van der Waals surface area contributed by atoms with E-state index in [-0.39, 0.29) is 23.8 Å². The van der Waals surface area contributed by atoms with Crippen molar-refractivity contribution < 1.29 is 9.59 Å². The van der Waals surface area contributed by atoms with Crippen LogP contribution in [0.4, 0.5) is 5.69 Å². The van der Waals surface area contributed by atoms with E-state index in [1.165, 1.54) is 0 Å². The highest BCUT2D eigenvalue weighted by Gasteiger charge is 2.28. The van der Waals surface area contributed by atoms with Crippen molar-refractivity contribution in [2.45, 2.75) is 25.8 Å². The third-order valence-corrected chi connectivity index (χ3v) is 4.61.